The molecule has 5 nitrogen and oxygen atoms in total. The van der Waals surface area contributed by atoms with Crippen molar-refractivity contribution in [2.45, 2.75) is 37.9 Å². The van der Waals surface area contributed by atoms with Gasteiger partial charge in [0.1, 0.15) is 5.75 Å². The molecule has 1 aromatic carbocycles. The highest BCUT2D eigenvalue weighted by atomic mass is 19.4. The van der Waals surface area contributed by atoms with Gasteiger partial charge in [0.15, 0.2) is 6.61 Å². The summed E-state index contributed by atoms with van der Waals surface area (Å²) in [6, 6.07) is 5.22. The minimum atomic E-state index is -4.42. The molecule has 2 rings (SSSR count). The molecule has 2 amide bonds. The normalized spacial score (nSPS) is 21.2. The fraction of sp³-hybridized carbons (Fsp3) is 0.562. The van der Waals surface area contributed by atoms with Crippen LogP contribution >= 0.6 is 0 Å². The van der Waals surface area contributed by atoms with Crippen LogP contribution in [0.2, 0.25) is 0 Å². The molecule has 1 aliphatic rings. The predicted molar refractivity (Wildman–Crippen MR) is 83.0 cm³/mol. The molecule has 24 heavy (non-hydrogen) atoms. The third-order valence-electron chi connectivity index (χ3n) is 3.95. The summed E-state index contributed by atoms with van der Waals surface area (Å²) in [4.78, 5) is 12.0. The number of carbonyl (C=O) groups is 1. The highest BCUT2D eigenvalue weighted by Gasteiger charge is 2.28. The van der Waals surface area contributed by atoms with Crippen LogP contribution in [0.25, 0.3) is 0 Å². The Bertz CT molecular complexity index is 552. The molecule has 0 aliphatic heterocycles. The van der Waals surface area contributed by atoms with Gasteiger partial charge in [-0.3, -0.25) is 0 Å². The van der Waals surface area contributed by atoms with Crippen LogP contribution < -0.4 is 15.4 Å². The Labute approximate surface area is 138 Å². The summed E-state index contributed by atoms with van der Waals surface area (Å²) in [5.41, 5.74) is 0.337. The van der Waals surface area contributed by atoms with Gasteiger partial charge in [-0.25, -0.2) is 4.79 Å². The molecule has 8 heteroatoms. The molecule has 1 saturated carbocycles. The minimum absolute atomic E-state index is 0.0196. The van der Waals surface area contributed by atoms with E-state index in [1.54, 1.807) is 6.07 Å². The van der Waals surface area contributed by atoms with Crippen molar-refractivity contribution in [3.05, 3.63) is 24.3 Å². The van der Waals surface area contributed by atoms with Crippen molar-refractivity contribution >= 4 is 11.7 Å². The lowest BCUT2D eigenvalue weighted by Gasteiger charge is -2.30. The Kier molecular flexibility index (Phi) is 6.30. The zero-order chi connectivity index (χ0) is 17.6. The third kappa shape index (κ3) is 5.92. The van der Waals surface area contributed by atoms with Crippen LogP contribution in [0.1, 0.15) is 25.7 Å². The zero-order valence-electron chi connectivity index (χ0n) is 13.1. The smallest absolute Gasteiger partial charge is 0.422 e. The molecule has 2 atom stereocenters. The molecule has 0 radical (unpaired) electrons. The van der Waals surface area contributed by atoms with E-state index < -0.39 is 18.8 Å². The van der Waals surface area contributed by atoms with Crippen molar-refractivity contribution < 1.29 is 27.8 Å². The Balaban J connectivity index is 1.89. The van der Waals surface area contributed by atoms with E-state index in [1.165, 1.54) is 18.2 Å². The molecule has 1 fully saturated rings. The van der Waals surface area contributed by atoms with Gasteiger partial charge >= 0.3 is 12.2 Å². The summed E-state index contributed by atoms with van der Waals surface area (Å²) in [6.45, 7) is -1.37. The Morgan fingerprint density at radius 1 is 1.29 bits per heavy atom. The number of aliphatic hydroxyl groups excluding tert-OH is 1. The molecule has 0 bridgehead atoms. The zero-order valence-corrected chi connectivity index (χ0v) is 13.1. The molecule has 3 N–H and O–H groups in total. The number of hydrogen-bond donors (Lipinski definition) is 3. The number of rotatable bonds is 5. The van der Waals surface area contributed by atoms with E-state index in [1.807, 2.05) is 0 Å². The highest BCUT2D eigenvalue weighted by Crippen LogP contribution is 2.24. The van der Waals surface area contributed by atoms with Gasteiger partial charge in [-0.2, -0.15) is 13.2 Å². The van der Waals surface area contributed by atoms with Gasteiger partial charge in [-0.05, 0) is 25.0 Å². The molecule has 1 aliphatic carbocycles. The van der Waals surface area contributed by atoms with Crippen molar-refractivity contribution in [2.75, 3.05) is 18.5 Å². The van der Waals surface area contributed by atoms with Crippen LogP contribution in [0.5, 0.6) is 5.75 Å². The van der Waals surface area contributed by atoms with Crippen LogP contribution in [0, 0.1) is 5.92 Å². The summed E-state index contributed by atoms with van der Waals surface area (Å²) in [5.74, 6) is 0.0574. The maximum absolute atomic E-state index is 12.2. The summed E-state index contributed by atoms with van der Waals surface area (Å²) in [6.07, 6.45) is -0.734. The summed E-state index contributed by atoms with van der Waals surface area (Å²) >= 11 is 0. The molecule has 0 heterocycles. The first-order valence-electron chi connectivity index (χ1n) is 7.85. The van der Waals surface area contributed by atoms with E-state index in [2.05, 4.69) is 15.4 Å². The number of ether oxygens (including phenoxy) is 1. The number of amides is 2. The van der Waals surface area contributed by atoms with Crippen molar-refractivity contribution in [3.63, 3.8) is 0 Å². The molecule has 0 aromatic heterocycles. The monoisotopic (exact) mass is 346 g/mol. The van der Waals surface area contributed by atoms with Crippen LogP contribution in [-0.4, -0.2) is 36.6 Å². The molecular formula is C16H21F3N2O3. The SMILES string of the molecule is O=C(Nc1cccc(OCC(F)(F)F)c1)NC1CCCCC1CO. The fourth-order valence-electron chi connectivity index (χ4n) is 2.78. The molecular weight excluding hydrogens is 325 g/mol. The lowest BCUT2D eigenvalue weighted by molar-refractivity contribution is -0.153. The van der Waals surface area contributed by atoms with Crippen LogP contribution in [-0.2, 0) is 0 Å². The second kappa shape index (κ2) is 8.23. The van der Waals surface area contributed by atoms with E-state index in [9.17, 15) is 23.1 Å². The average molecular weight is 346 g/mol. The van der Waals surface area contributed by atoms with Gasteiger partial charge < -0.3 is 20.5 Å². The largest absolute Gasteiger partial charge is 0.484 e. The Hall–Kier alpha value is -1.96. The second-order valence-electron chi connectivity index (χ2n) is 5.86. The maximum Gasteiger partial charge on any atom is 0.422 e. The number of aliphatic hydroxyl groups is 1. The van der Waals surface area contributed by atoms with Crippen molar-refractivity contribution in [1.82, 2.24) is 5.32 Å². The average Bonchev–Trinajstić information content (AvgIpc) is 2.53. The second-order valence-corrected chi connectivity index (χ2v) is 5.86. The predicted octanol–water partition coefficient (Wildman–Crippen LogP) is 3.30. The van der Waals surface area contributed by atoms with E-state index in [-0.39, 0.29) is 24.3 Å². The van der Waals surface area contributed by atoms with Gasteiger partial charge in [-0.15, -0.1) is 0 Å². The number of hydrogen-bond acceptors (Lipinski definition) is 3. The molecule has 0 spiro atoms. The molecule has 1 aromatic rings. The van der Waals surface area contributed by atoms with Gasteiger partial charge in [-0.1, -0.05) is 18.9 Å². The van der Waals surface area contributed by atoms with Gasteiger partial charge in [0, 0.05) is 30.3 Å². The number of alkyl halides is 3. The molecule has 2 unspecified atom stereocenters. The molecule has 134 valence electrons. The highest BCUT2D eigenvalue weighted by molar-refractivity contribution is 5.89. The quantitative estimate of drug-likeness (QED) is 0.766. The maximum atomic E-state index is 12.2. The number of halogens is 3. The van der Waals surface area contributed by atoms with Crippen molar-refractivity contribution in [1.29, 1.82) is 0 Å². The van der Waals surface area contributed by atoms with E-state index in [0.717, 1.165) is 25.7 Å². The number of anilines is 1. The van der Waals surface area contributed by atoms with Crippen molar-refractivity contribution in [2.24, 2.45) is 5.92 Å². The van der Waals surface area contributed by atoms with Crippen molar-refractivity contribution in [3.8, 4) is 5.75 Å². The number of carbonyl (C=O) groups excluding carboxylic acids is 1. The summed E-state index contributed by atoms with van der Waals surface area (Å²) < 4.78 is 41.1. The summed E-state index contributed by atoms with van der Waals surface area (Å²) in [7, 11) is 0. The lowest BCUT2D eigenvalue weighted by atomic mass is 9.85. The van der Waals surface area contributed by atoms with Crippen LogP contribution in [0.15, 0.2) is 24.3 Å². The van der Waals surface area contributed by atoms with E-state index >= 15 is 0 Å². The Morgan fingerprint density at radius 2 is 2.04 bits per heavy atom. The van der Waals surface area contributed by atoms with Gasteiger partial charge in [0.05, 0.1) is 0 Å². The first-order valence-corrected chi connectivity index (χ1v) is 7.85. The first-order chi connectivity index (χ1) is 11.4. The first kappa shape index (κ1) is 18.4. The fourth-order valence-corrected chi connectivity index (χ4v) is 2.78. The van der Waals surface area contributed by atoms with E-state index in [4.69, 9.17) is 0 Å². The van der Waals surface area contributed by atoms with Gasteiger partial charge in [0.2, 0.25) is 0 Å². The minimum Gasteiger partial charge on any atom is -0.484 e. The number of urea groups is 1. The summed E-state index contributed by atoms with van der Waals surface area (Å²) in [5, 5.41) is 14.7. The molecule has 0 saturated heterocycles. The number of nitrogens with one attached hydrogen (secondary N) is 2. The third-order valence-corrected chi connectivity index (χ3v) is 3.95. The van der Waals surface area contributed by atoms with Crippen LogP contribution in [0.3, 0.4) is 0 Å². The van der Waals surface area contributed by atoms with Gasteiger partial charge in [0.25, 0.3) is 0 Å². The number of benzene rings is 1. The lowest BCUT2D eigenvalue weighted by Crippen LogP contribution is -2.45. The topological polar surface area (TPSA) is 70.6 Å². The van der Waals surface area contributed by atoms with Crippen LogP contribution in [0.4, 0.5) is 23.7 Å². The Morgan fingerprint density at radius 3 is 2.75 bits per heavy atom. The van der Waals surface area contributed by atoms with E-state index in [0.29, 0.717) is 5.69 Å². The standard InChI is InChI=1S/C16H21F3N2O3/c17-16(18,19)10-24-13-6-3-5-12(8-13)20-15(23)21-14-7-2-1-4-11(14)9-22/h3,5-6,8,11,14,22H,1-2,4,7,9-10H2,(H2,20,21,23).